The van der Waals surface area contributed by atoms with E-state index in [1.807, 2.05) is 36.4 Å². The lowest BCUT2D eigenvalue weighted by Crippen LogP contribution is -2.03. The van der Waals surface area contributed by atoms with Crippen molar-refractivity contribution in [2.45, 2.75) is 19.6 Å². The number of benzene rings is 1. The Morgan fingerprint density at radius 3 is 2.80 bits per heavy atom. The molecule has 0 spiro atoms. The van der Waals surface area contributed by atoms with Gasteiger partial charge in [-0.25, -0.2) is 0 Å². The summed E-state index contributed by atoms with van der Waals surface area (Å²) in [7, 11) is 1.66. The lowest BCUT2D eigenvalue weighted by atomic mass is 10.1. The predicted molar refractivity (Wildman–Crippen MR) is 78.5 cm³/mol. The highest BCUT2D eigenvalue weighted by Crippen LogP contribution is 2.20. The van der Waals surface area contributed by atoms with Crippen molar-refractivity contribution in [3.8, 4) is 5.75 Å². The number of hydrogen-bond acceptors (Lipinski definition) is 4. The summed E-state index contributed by atoms with van der Waals surface area (Å²) in [4.78, 5) is 4.26. The number of pyridine rings is 1. The second kappa shape index (κ2) is 7.62. The highest BCUT2D eigenvalue weighted by molar-refractivity contribution is 5.36. The minimum atomic E-state index is 0.518. The number of nitrogens with zero attached hydrogens (tertiary/aromatic N) is 1. The highest BCUT2D eigenvalue weighted by Gasteiger charge is 2.04. The molecule has 2 aromatic rings. The van der Waals surface area contributed by atoms with Crippen LogP contribution in [0.5, 0.6) is 5.75 Å². The first kappa shape index (κ1) is 14.5. The number of aromatic nitrogens is 1. The van der Waals surface area contributed by atoms with E-state index in [2.05, 4.69) is 4.98 Å². The van der Waals surface area contributed by atoms with E-state index in [1.165, 1.54) is 0 Å². The average Bonchev–Trinajstić information content (AvgIpc) is 2.52. The van der Waals surface area contributed by atoms with E-state index < -0.39 is 0 Å². The summed E-state index contributed by atoms with van der Waals surface area (Å²) in [6.45, 7) is 1.67. The van der Waals surface area contributed by atoms with Crippen molar-refractivity contribution < 1.29 is 9.47 Å². The first-order chi connectivity index (χ1) is 9.83. The van der Waals surface area contributed by atoms with Crippen molar-refractivity contribution in [1.29, 1.82) is 0 Å². The third-order valence-corrected chi connectivity index (χ3v) is 3.07. The summed E-state index contributed by atoms with van der Waals surface area (Å²) in [5.41, 5.74) is 8.79. The van der Waals surface area contributed by atoms with Gasteiger partial charge in [0.05, 0.1) is 20.3 Å². The Kier molecular flexibility index (Phi) is 5.53. The Morgan fingerprint density at radius 2 is 2.10 bits per heavy atom. The second-order valence-electron chi connectivity index (χ2n) is 4.47. The number of ether oxygens (including phenoxy) is 2. The van der Waals surface area contributed by atoms with Gasteiger partial charge in [-0.15, -0.1) is 0 Å². The van der Waals surface area contributed by atoms with Crippen LogP contribution in [0.2, 0.25) is 0 Å². The van der Waals surface area contributed by atoms with Gasteiger partial charge in [0.25, 0.3) is 0 Å². The van der Waals surface area contributed by atoms with Gasteiger partial charge in [0.2, 0.25) is 0 Å². The molecule has 0 saturated carbocycles. The van der Waals surface area contributed by atoms with Gasteiger partial charge in [0, 0.05) is 30.4 Å². The van der Waals surface area contributed by atoms with Crippen LogP contribution in [0.3, 0.4) is 0 Å². The Hall–Kier alpha value is -1.91. The van der Waals surface area contributed by atoms with Gasteiger partial charge in [-0.05, 0) is 29.8 Å². The lowest BCUT2D eigenvalue weighted by molar-refractivity contribution is 0.121. The maximum Gasteiger partial charge on any atom is 0.124 e. The first-order valence-corrected chi connectivity index (χ1v) is 6.67. The number of methoxy groups -OCH3 is 1. The maximum atomic E-state index is 5.70. The van der Waals surface area contributed by atoms with Gasteiger partial charge in [-0.1, -0.05) is 12.1 Å². The van der Waals surface area contributed by atoms with Crippen LogP contribution in [-0.2, 0) is 24.3 Å². The molecular weight excluding hydrogens is 252 g/mol. The van der Waals surface area contributed by atoms with E-state index in [0.717, 1.165) is 29.0 Å². The molecule has 0 aliphatic rings. The Labute approximate surface area is 119 Å². The zero-order chi connectivity index (χ0) is 14.2. The molecule has 0 aliphatic carbocycles. The molecule has 0 aliphatic heterocycles. The van der Waals surface area contributed by atoms with Crippen LogP contribution in [0, 0.1) is 0 Å². The van der Waals surface area contributed by atoms with Crippen LogP contribution in [0.15, 0.2) is 42.6 Å². The van der Waals surface area contributed by atoms with E-state index >= 15 is 0 Å². The van der Waals surface area contributed by atoms with Gasteiger partial charge in [-0.2, -0.15) is 0 Å². The van der Waals surface area contributed by atoms with Crippen molar-refractivity contribution in [2.75, 3.05) is 13.7 Å². The minimum Gasteiger partial charge on any atom is -0.496 e. The quantitative estimate of drug-likeness (QED) is 0.786. The molecule has 0 atom stereocenters. The molecule has 1 heterocycles. The summed E-state index contributed by atoms with van der Waals surface area (Å²) in [5.74, 6) is 0.833. The first-order valence-electron chi connectivity index (χ1n) is 6.67. The van der Waals surface area contributed by atoms with Crippen LogP contribution in [0.4, 0.5) is 0 Å². The van der Waals surface area contributed by atoms with E-state index in [9.17, 15) is 0 Å². The van der Waals surface area contributed by atoms with Crippen LogP contribution < -0.4 is 10.5 Å². The largest absolute Gasteiger partial charge is 0.496 e. The lowest BCUT2D eigenvalue weighted by Gasteiger charge is -2.10. The summed E-state index contributed by atoms with van der Waals surface area (Å²) < 4.78 is 11.0. The maximum absolute atomic E-state index is 5.70. The van der Waals surface area contributed by atoms with Crippen LogP contribution in [-0.4, -0.2) is 18.7 Å². The van der Waals surface area contributed by atoms with Gasteiger partial charge in [-0.3, -0.25) is 4.98 Å². The molecule has 1 aromatic heterocycles. The average molecular weight is 272 g/mol. The van der Waals surface area contributed by atoms with Crippen molar-refractivity contribution in [2.24, 2.45) is 5.73 Å². The fourth-order valence-electron chi connectivity index (χ4n) is 1.98. The molecule has 1 aromatic carbocycles. The van der Waals surface area contributed by atoms with Crippen molar-refractivity contribution >= 4 is 0 Å². The Bertz CT molecular complexity index is 529. The van der Waals surface area contributed by atoms with Gasteiger partial charge in [0.15, 0.2) is 0 Å². The monoisotopic (exact) mass is 272 g/mol. The number of rotatable bonds is 7. The van der Waals surface area contributed by atoms with E-state index in [4.69, 9.17) is 15.2 Å². The highest BCUT2D eigenvalue weighted by atomic mass is 16.5. The zero-order valence-corrected chi connectivity index (χ0v) is 11.7. The molecule has 106 valence electrons. The molecule has 0 fully saturated rings. The molecule has 2 N–H and O–H groups in total. The van der Waals surface area contributed by atoms with E-state index in [-0.39, 0.29) is 0 Å². The molecule has 0 radical (unpaired) electrons. The third-order valence-electron chi connectivity index (χ3n) is 3.07. The molecule has 4 nitrogen and oxygen atoms in total. The summed E-state index contributed by atoms with van der Waals surface area (Å²) in [5, 5.41) is 0. The molecule has 0 saturated heterocycles. The zero-order valence-electron chi connectivity index (χ0n) is 11.7. The fourth-order valence-corrected chi connectivity index (χ4v) is 1.98. The summed E-state index contributed by atoms with van der Waals surface area (Å²) >= 11 is 0. The van der Waals surface area contributed by atoms with Crippen molar-refractivity contribution in [3.05, 3.63) is 59.4 Å². The van der Waals surface area contributed by atoms with Crippen LogP contribution in [0.1, 0.15) is 16.8 Å². The van der Waals surface area contributed by atoms with Gasteiger partial charge >= 0.3 is 0 Å². The van der Waals surface area contributed by atoms with Gasteiger partial charge < -0.3 is 15.2 Å². The molecule has 4 heteroatoms. The minimum absolute atomic E-state index is 0.518. The van der Waals surface area contributed by atoms with Gasteiger partial charge in [0.1, 0.15) is 5.75 Å². The molecule has 0 amide bonds. The van der Waals surface area contributed by atoms with Crippen molar-refractivity contribution in [1.82, 2.24) is 4.98 Å². The SMILES string of the molecule is COc1ccc(CN)cc1COCCc1ccccn1. The van der Waals surface area contributed by atoms with E-state index in [1.54, 1.807) is 13.3 Å². The fraction of sp³-hybridized carbons (Fsp3) is 0.312. The third kappa shape index (κ3) is 4.05. The molecular formula is C16H20N2O2. The normalized spacial score (nSPS) is 10.5. The summed E-state index contributed by atoms with van der Waals surface area (Å²) in [6.07, 6.45) is 2.60. The molecule has 2 rings (SSSR count). The van der Waals surface area contributed by atoms with E-state index in [0.29, 0.717) is 19.8 Å². The second-order valence-corrected chi connectivity index (χ2v) is 4.47. The Balaban J connectivity index is 1.87. The predicted octanol–water partition coefficient (Wildman–Crippen LogP) is 2.31. The molecule has 0 unspecified atom stereocenters. The van der Waals surface area contributed by atoms with Crippen LogP contribution in [0.25, 0.3) is 0 Å². The molecule has 20 heavy (non-hydrogen) atoms. The van der Waals surface area contributed by atoms with Crippen LogP contribution >= 0.6 is 0 Å². The summed E-state index contributed by atoms with van der Waals surface area (Å²) in [6, 6.07) is 11.8. The Morgan fingerprint density at radius 1 is 1.20 bits per heavy atom. The standard InChI is InChI=1S/C16H20N2O2/c1-19-16-6-5-13(11-17)10-14(16)12-20-9-7-15-4-2-3-8-18-15/h2-6,8,10H,7,9,11-12,17H2,1H3. The topological polar surface area (TPSA) is 57.4 Å². The smallest absolute Gasteiger partial charge is 0.124 e. The number of nitrogens with two attached hydrogens (primary N) is 1. The number of hydrogen-bond donors (Lipinski definition) is 1. The molecule has 0 bridgehead atoms. The van der Waals surface area contributed by atoms with Crippen molar-refractivity contribution in [3.63, 3.8) is 0 Å².